The number of aliphatic hydroxyl groups is 1. The fourth-order valence-electron chi connectivity index (χ4n) is 2.87. The van der Waals surface area contributed by atoms with Crippen LogP contribution >= 0.6 is 11.8 Å². The number of β-lactam (4-membered cyclic amide) rings is 1. The summed E-state index contributed by atoms with van der Waals surface area (Å²) in [6.45, 7) is 1.63. The Hall–Kier alpha value is -2.56. The Labute approximate surface area is 152 Å². The minimum atomic E-state index is -2.41. The number of benzene rings is 1. The van der Waals surface area contributed by atoms with Crippen LogP contribution in [0.25, 0.3) is 0 Å². The van der Waals surface area contributed by atoms with E-state index in [1.165, 1.54) is 36.0 Å². The predicted molar refractivity (Wildman–Crippen MR) is 91.5 cm³/mol. The van der Waals surface area contributed by atoms with E-state index in [0.717, 1.165) is 4.90 Å². The molecule has 1 saturated heterocycles. The zero-order chi connectivity index (χ0) is 19.2. The summed E-state index contributed by atoms with van der Waals surface area (Å²) in [5.41, 5.74) is 3.81. The Bertz CT molecular complexity index is 820. The summed E-state index contributed by atoms with van der Waals surface area (Å²) in [6.07, 6.45) is 0. The van der Waals surface area contributed by atoms with Crippen molar-refractivity contribution >= 4 is 29.5 Å². The number of carboxylic acid groups (broad SMARTS) is 1. The molecular formula is C16H17N3O6S. The van der Waals surface area contributed by atoms with Gasteiger partial charge < -0.3 is 20.6 Å². The molecule has 10 heteroatoms. The average Bonchev–Trinajstić information content (AvgIpc) is 2.59. The molecule has 9 nitrogen and oxygen atoms in total. The van der Waals surface area contributed by atoms with Gasteiger partial charge in [0, 0.05) is 11.3 Å². The first-order chi connectivity index (χ1) is 12.1. The molecule has 0 aliphatic carbocycles. The number of thioether (sulfide) groups is 1. The zero-order valence-corrected chi connectivity index (χ0v) is 14.5. The van der Waals surface area contributed by atoms with Crippen molar-refractivity contribution in [3.63, 3.8) is 0 Å². The lowest BCUT2D eigenvalue weighted by Gasteiger charge is -2.49. The number of aliphatic carboxylic acids is 1. The second-order valence-electron chi connectivity index (χ2n) is 6.11. The molecule has 3 atom stereocenters. The summed E-state index contributed by atoms with van der Waals surface area (Å²) in [6, 6.07) is 4.12. The SMILES string of the molecule is CC1=C(C(=O)O)N2C(=O)[C@@H](NC(=O)C(N)(O)c3ccc(O)cc3)[C@H]2SC1. The van der Waals surface area contributed by atoms with Gasteiger partial charge in [0.15, 0.2) is 0 Å². The number of carboxylic acids is 1. The number of phenols is 1. The fourth-order valence-corrected chi connectivity index (χ4v) is 4.17. The van der Waals surface area contributed by atoms with Crippen molar-refractivity contribution < 1.29 is 29.7 Å². The van der Waals surface area contributed by atoms with Crippen molar-refractivity contribution in [2.45, 2.75) is 24.1 Å². The fraction of sp³-hybridized carbons (Fsp3) is 0.312. The van der Waals surface area contributed by atoms with Gasteiger partial charge in [-0.25, -0.2) is 4.79 Å². The summed E-state index contributed by atoms with van der Waals surface area (Å²) in [5, 5.41) is 30.7. The molecular weight excluding hydrogens is 362 g/mol. The molecule has 138 valence electrons. The lowest BCUT2D eigenvalue weighted by Crippen LogP contribution is -2.72. The van der Waals surface area contributed by atoms with Crippen molar-refractivity contribution in [2.24, 2.45) is 5.73 Å². The molecule has 3 rings (SSSR count). The topological polar surface area (TPSA) is 153 Å². The van der Waals surface area contributed by atoms with Gasteiger partial charge in [-0.1, -0.05) is 12.1 Å². The lowest BCUT2D eigenvalue weighted by atomic mass is 9.99. The van der Waals surface area contributed by atoms with Crippen molar-refractivity contribution in [1.82, 2.24) is 10.2 Å². The number of hydrogen-bond donors (Lipinski definition) is 5. The van der Waals surface area contributed by atoms with Crippen LogP contribution < -0.4 is 11.1 Å². The highest BCUT2D eigenvalue weighted by molar-refractivity contribution is 8.00. The van der Waals surface area contributed by atoms with Crippen LogP contribution in [-0.4, -0.2) is 55.2 Å². The molecule has 0 radical (unpaired) electrons. The molecule has 2 aliphatic rings. The van der Waals surface area contributed by atoms with E-state index in [2.05, 4.69) is 5.32 Å². The Morgan fingerprint density at radius 3 is 2.54 bits per heavy atom. The number of phenolic OH excluding ortho intramolecular Hbond substituents is 1. The normalized spacial score (nSPS) is 24.4. The third kappa shape index (κ3) is 2.81. The summed E-state index contributed by atoms with van der Waals surface area (Å²) < 4.78 is 0. The molecule has 1 aromatic carbocycles. The zero-order valence-electron chi connectivity index (χ0n) is 13.7. The Morgan fingerprint density at radius 1 is 1.35 bits per heavy atom. The van der Waals surface area contributed by atoms with Crippen LogP contribution in [0.5, 0.6) is 5.75 Å². The van der Waals surface area contributed by atoms with Gasteiger partial charge in [-0.3, -0.25) is 20.2 Å². The minimum absolute atomic E-state index is 0.0368. The van der Waals surface area contributed by atoms with E-state index >= 15 is 0 Å². The molecule has 0 saturated carbocycles. The Balaban J connectivity index is 1.76. The highest BCUT2D eigenvalue weighted by atomic mass is 32.2. The number of fused-ring (bicyclic) bond motifs is 1. The van der Waals surface area contributed by atoms with E-state index in [1.54, 1.807) is 6.92 Å². The number of aromatic hydroxyl groups is 1. The summed E-state index contributed by atoms with van der Waals surface area (Å²) in [7, 11) is 0. The van der Waals surface area contributed by atoms with Crippen LogP contribution in [0.4, 0.5) is 0 Å². The first-order valence-corrected chi connectivity index (χ1v) is 8.69. The number of nitrogens with two attached hydrogens (primary N) is 1. The van der Waals surface area contributed by atoms with Gasteiger partial charge in [-0.05, 0) is 24.6 Å². The molecule has 2 heterocycles. The molecule has 0 aromatic heterocycles. The minimum Gasteiger partial charge on any atom is -0.508 e. The second-order valence-corrected chi connectivity index (χ2v) is 7.21. The van der Waals surface area contributed by atoms with E-state index in [9.17, 15) is 29.7 Å². The van der Waals surface area contributed by atoms with Gasteiger partial charge in [0.05, 0.1) is 0 Å². The smallest absolute Gasteiger partial charge is 0.352 e. The number of nitrogens with one attached hydrogen (secondary N) is 1. The molecule has 0 spiro atoms. The summed E-state index contributed by atoms with van der Waals surface area (Å²) in [5.74, 6) is -2.42. The highest BCUT2D eigenvalue weighted by Crippen LogP contribution is 2.40. The number of hydrogen-bond acceptors (Lipinski definition) is 7. The van der Waals surface area contributed by atoms with Gasteiger partial charge in [0.1, 0.15) is 22.9 Å². The maximum absolute atomic E-state index is 12.4. The Kier molecular flexibility index (Phi) is 4.42. The number of carbonyl (C=O) groups excluding carboxylic acids is 2. The van der Waals surface area contributed by atoms with Gasteiger partial charge in [0.25, 0.3) is 11.8 Å². The van der Waals surface area contributed by atoms with E-state index in [4.69, 9.17) is 5.73 Å². The molecule has 1 unspecified atom stereocenters. The summed E-state index contributed by atoms with van der Waals surface area (Å²) >= 11 is 1.32. The van der Waals surface area contributed by atoms with Crippen molar-refractivity contribution in [2.75, 3.05) is 5.75 Å². The number of amides is 2. The largest absolute Gasteiger partial charge is 0.508 e. The van der Waals surface area contributed by atoms with Gasteiger partial charge >= 0.3 is 5.97 Å². The third-order valence-electron chi connectivity index (χ3n) is 4.30. The van der Waals surface area contributed by atoms with Crippen molar-refractivity contribution in [3.8, 4) is 5.75 Å². The van der Waals surface area contributed by atoms with Crippen LogP contribution in [0, 0.1) is 0 Å². The second kappa shape index (κ2) is 6.31. The molecule has 0 bridgehead atoms. The maximum Gasteiger partial charge on any atom is 0.352 e. The van der Waals surface area contributed by atoms with E-state index < -0.39 is 34.9 Å². The number of nitrogens with zero attached hydrogens (tertiary/aromatic N) is 1. The number of rotatable bonds is 4. The number of carbonyl (C=O) groups is 3. The van der Waals surface area contributed by atoms with E-state index in [1.807, 2.05) is 0 Å². The third-order valence-corrected chi connectivity index (χ3v) is 5.73. The van der Waals surface area contributed by atoms with Gasteiger partial charge in [0.2, 0.25) is 5.72 Å². The van der Waals surface area contributed by atoms with E-state index in [-0.39, 0.29) is 17.0 Å². The van der Waals surface area contributed by atoms with Crippen LogP contribution in [0.3, 0.4) is 0 Å². The molecule has 2 aliphatic heterocycles. The summed E-state index contributed by atoms with van der Waals surface area (Å²) in [4.78, 5) is 37.2. The molecule has 1 aromatic rings. The predicted octanol–water partition coefficient (Wildman–Crippen LogP) is -0.745. The molecule has 2 amide bonds. The van der Waals surface area contributed by atoms with Gasteiger partial charge in [-0.15, -0.1) is 11.8 Å². The van der Waals surface area contributed by atoms with Crippen molar-refractivity contribution in [3.05, 3.63) is 41.1 Å². The maximum atomic E-state index is 12.4. The average molecular weight is 379 g/mol. The van der Waals surface area contributed by atoms with E-state index in [0.29, 0.717) is 11.3 Å². The molecule has 26 heavy (non-hydrogen) atoms. The monoisotopic (exact) mass is 379 g/mol. The standard InChI is InChI=1S/C16H17N3O6S/c1-7-6-26-13-10(12(21)19(13)11(7)14(22)23)18-15(24)16(17,25)8-2-4-9(20)5-3-8/h2-5,10,13,20,25H,6,17H2,1H3,(H,18,24)(H,22,23)/t10-,13-,16?/m1/s1. The van der Waals surface area contributed by atoms with Gasteiger partial charge in [-0.2, -0.15) is 0 Å². The lowest BCUT2D eigenvalue weighted by molar-refractivity contribution is -0.154. The van der Waals surface area contributed by atoms with Crippen LogP contribution in [0.15, 0.2) is 35.5 Å². The Morgan fingerprint density at radius 2 is 1.96 bits per heavy atom. The highest BCUT2D eigenvalue weighted by Gasteiger charge is 2.54. The van der Waals surface area contributed by atoms with Crippen LogP contribution in [-0.2, 0) is 20.1 Å². The quantitative estimate of drug-likeness (QED) is 0.338. The van der Waals surface area contributed by atoms with Crippen LogP contribution in [0.1, 0.15) is 12.5 Å². The van der Waals surface area contributed by atoms with Crippen molar-refractivity contribution in [1.29, 1.82) is 0 Å². The first kappa shape index (κ1) is 18.2. The first-order valence-electron chi connectivity index (χ1n) is 7.64. The van der Waals surface area contributed by atoms with Crippen LogP contribution in [0.2, 0.25) is 0 Å². The molecule has 1 fully saturated rings. The molecule has 6 N–H and O–H groups in total.